The molecule has 0 unspecified atom stereocenters. The van der Waals surface area contributed by atoms with E-state index in [2.05, 4.69) is 5.32 Å². The molecule has 15 heavy (non-hydrogen) atoms. The van der Waals surface area contributed by atoms with Crippen LogP contribution < -0.4 is 16.8 Å². The van der Waals surface area contributed by atoms with E-state index >= 15 is 0 Å². The average molecular weight is 215 g/mol. The third-order valence-corrected chi connectivity index (χ3v) is 2.99. The Morgan fingerprint density at radius 3 is 2.53 bits per heavy atom. The zero-order chi connectivity index (χ0) is 11.1. The van der Waals surface area contributed by atoms with E-state index in [1.54, 1.807) is 0 Å². The Morgan fingerprint density at radius 2 is 2.00 bits per heavy atom. The number of ether oxygens (including phenoxy) is 1. The minimum absolute atomic E-state index is 0.0572. The Bertz CT molecular complexity index is 203. The summed E-state index contributed by atoms with van der Waals surface area (Å²) in [6.07, 6.45) is 2.25. The summed E-state index contributed by atoms with van der Waals surface area (Å²) in [5.74, 6) is 0.0572. The van der Waals surface area contributed by atoms with E-state index in [1.807, 2.05) is 0 Å². The van der Waals surface area contributed by atoms with E-state index in [-0.39, 0.29) is 5.91 Å². The van der Waals surface area contributed by atoms with Crippen molar-refractivity contribution in [1.29, 1.82) is 0 Å². The van der Waals surface area contributed by atoms with Crippen LogP contribution in [0.4, 0.5) is 0 Å². The van der Waals surface area contributed by atoms with Crippen LogP contribution >= 0.6 is 0 Å². The third kappa shape index (κ3) is 3.15. The molecule has 0 radical (unpaired) electrons. The fraction of sp³-hybridized carbons (Fsp3) is 0.900. The highest BCUT2D eigenvalue weighted by Gasteiger charge is 2.38. The quantitative estimate of drug-likeness (QED) is 0.524. The lowest BCUT2D eigenvalue weighted by Gasteiger charge is -2.34. The van der Waals surface area contributed by atoms with Crippen LogP contribution in [0.15, 0.2) is 0 Å². The largest absolute Gasteiger partial charge is 0.381 e. The molecule has 1 heterocycles. The van der Waals surface area contributed by atoms with Crippen molar-refractivity contribution in [3.8, 4) is 0 Å². The highest BCUT2D eigenvalue weighted by Crippen LogP contribution is 2.29. The average Bonchev–Trinajstić information content (AvgIpc) is 2.30. The number of carbonyl (C=O) groups is 1. The monoisotopic (exact) mass is 215 g/mol. The van der Waals surface area contributed by atoms with E-state index in [1.165, 1.54) is 0 Å². The second-order valence-electron chi connectivity index (χ2n) is 3.99. The molecule has 0 aromatic heterocycles. The molecule has 5 nitrogen and oxygen atoms in total. The van der Waals surface area contributed by atoms with Gasteiger partial charge in [-0.05, 0) is 25.8 Å². The number of hydrogen-bond acceptors (Lipinski definition) is 4. The molecule has 0 spiro atoms. The lowest BCUT2D eigenvalue weighted by molar-refractivity contribution is -0.135. The van der Waals surface area contributed by atoms with Crippen LogP contribution in [0.3, 0.4) is 0 Å². The zero-order valence-electron chi connectivity index (χ0n) is 9.13. The van der Waals surface area contributed by atoms with E-state index < -0.39 is 5.41 Å². The minimum atomic E-state index is -0.410. The first-order chi connectivity index (χ1) is 7.25. The summed E-state index contributed by atoms with van der Waals surface area (Å²) in [6, 6.07) is 0. The van der Waals surface area contributed by atoms with E-state index in [0.717, 1.165) is 19.3 Å². The van der Waals surface area contributed by atoms with Crippen molar-refractivity contribution < 1.29 is 9.53 Å². The molecule has 5 heteroatoms. The van der Waals surface area contributed by atoms with Crippen molar-refractivity contribution in [3.63, 3.8) is 0 Å². The van der Waals surface area contributed by atoms with Gasteiger partial charge in [-0.1, -0.05) is 0 Å². The maximum Gasteiger partial charge on any atom is 0.227 e. The number of hydrogen-bond donors (Lipinski definition) is 3. The first-order valence-corrected chi connectivity index (χ1v) is 5.51. The fourth-order valence-corrected chi connectivity index (χ4v) is 1.78. The summed E-state index contributed by atoms with van der Waals surface area (Å²) in [6.45, 7) is 2.88. The molecule has 88 valence electrons. The lowest BCUT2D eigenvalue weighted by atomic mass is 9.79. The Labute approximate surface area is 90.5 Å². The van der Waals surface area contributed by atoms with Gasteiger partial charge in [-0.15, -0.1) is 0 Å². The van der Waals surface area contributed by atoms with E-state index in [4.69, 9.17) is 16.2 Å². The van der Waals surface area contributed by atoms with Crippen LogP contribution in [0.25, 0.3) is 0 Å². The summed E-state index contributed by atoms with van der Waals surface area (Å²) in [4.78, 5) is 11.9. The lowest BCUT2D eigenvalue weighted by Crippen LogP contribution is -2.49. The van der Waals surface area contributed by atoms with Gasteiger partial charge in [-0.3, -0.25) is 4.79 Å². The van der Waals surface area contributed by atoms with Crippen molar-refractivity contribution >= 4 is 5.91 Å². The minimum Gasteiger partial charge on any atom is -0.381 e. The molecule has 0 atom stereocenters. The molecule has 1 amide bonds. The molecule has 0 aromatic carbocycles. The van der Waals surface area contributed by atoms with Crippen molar-refractivity contribution in [2.75, 3.05) is 32.8 Å². The molecular formula is C10H21N3O2. The predicted molar refractivity (Wildman–Crippen MR) is 58.2 cm³/mol. The van der Waals surface area contributed by atoms with Gasteiger partial charge in [0.1, 0.15) is 0 Å². The number of rotatable bonds is 5. The van der Waals surface area contributed by atoms with Crippen LogP contribution in [0.1, 0.15) is 19.3 Å². The summed E-state index contributed by atoms with van der Waals surface area (Å²) in [5.41, 5.74) is 10.7. The Balaban J connectivity index is 2.45. The second-order valence-corrected chi connectivity index (χ2v) is 3.99. The molecule has 1 fully saturated rings. The van der Waals surface area contributed by atoms with Crippen LogP contribution in [0.5, 0.6) is 0 Å². The van der Waals surface area contributed by atoms with Gasteiger partial charge in [0.2, 0.25) is 5.91 Å². The Kier molecular flexibility index (Phi) is 5.01. The van der Waals surface area contributed by atoms with Crippen molar-refractivity contribution in [3.05, 3.63) is 0 Å². The SMILES string of the molecule is NCCCNC(=O)C1(CN)CCOCC1. The molecule has 1 saturated heterocycles. The molecular weight excluding hydrogens is 194 g/mol. The van der Waals surface area contributed by atoms with Gasteiger partial charge in [0.25, 0.3) is 0 Å². The van der Waals surface area contributed by atoms with Crippen LogP contribution in [0, 0.1) is 5.41 Å². The van der Waals surface area contributed by atoms with Crippen molar-refractivity contribution in [2.24, 2.45) is 16.9 Å². The van der Waals surface area contributed by atoms with Crippen LogP contribution in [-0.4, -0.2) is 38.8 Å². The van der Waals surface area contributed by atoms with Gasteiger partial charge < -0.3 is 21.5 Å². The first kappa shape index (κ1) is 12.4. The van der Waals surface area contributed by atoms with E-state index in [9.17, 15) is 4.79 Å². The van der Waals surface area contributed by atoms with Crippen LogP contribution in [0.2, 0.25) is 0 Å². The highest BCUT2D eigenvalue weighted by atomic mass is 16.5. The smallest absolute Gasteiger partial charge is 0.227 e. The van der Waals surface area contributed by atoms with Gasteiger partial charge in [-0.2, -0.15) is 0 Å². The molecule has 1 aliphatic rings. The normalized spacial score (nSPS) is 19.9. The van der Waals surface area contributed by atoms with Crippen molar-refractivity contribution in [1.82, 2.24) is 5.32 Å². The summed E-state index contributed by atoms with van der Waals surface area (Å²) < 4.78 is 5.25. The van der Waals surface area contributed by atoms with Gasteiger partial charge in [0, 0.05) is 26.3 Å². The van der Waals surface area contributed by atoms with Gasteiger partial charge in [0.05, 0.1) is 5.41 Å². The first-order valence-electron chi connectivity index (χ1n) is 5.51. The second kappa shape index (κ2) is 6.05. The summed E-state index contributed by atoms with van der Waals surface area (Å²) >= 11 is 0. The molecule has 5 N–H and O–H groups in total. The summed E-state index contributed by atoms with van der Waals surface area (Å²) in [5, 5.41) is 2.89. The summed E-state index contributed by atoms with van der Waals surface area (Å²) in [7, 11) is 0. The molecule has 0 bridgehead atoms. The van der Waals surface area contributed by atoms with Crippen LogP contribution in [-0.2, 0) is 9.53 Å². The van der Waals surface area contributed by atoms with E-state index in [0.29, 0.717) is 32.8 Å². The highest BCUT2D eigenvalue weighted by molar-refractivity contribution is 5.83. The molecule has 1 aliphatic heterocycles. The Hall–Kier alpha value is -0.650. The number of carbonyl (C=O) groups excluding carboxylic acids is 1. The zero-order valence-corrected chi connectivity index (χ0v) is 9.13. The number of amides is 1. The fourth-order valence-electron chi connectivity index (χ4n) is 1.78. The number of nitrogens with two attached hydrogens (primary N) is 2. The maximum absolute atomic E-state index is 11.9. The maximum atomic E-state index is 11.9. The predicted octanol–water partition coefficient (Wildman–Crippen LogP) is -0.793. The third-order valence-electron chi connectivity index (χ3n) is 2.99. The van der Waals surface area contributed by atoms with Gasteiger partial charge in [-0.25, -0.2) is 0 Å². The van der Waals surface area contributed by atoms with Gasteiger partial charge in [0.15, 0.2) is 0 Å². The Morgan fingerprint density at radius 1 is 1.33 bits per heavy atom. The standard InChI is InChI=1S/C10H21N3O2/c11-4-1-5-13-9(14)10(8-12)2-6-15-7-3-10/h1-8,11-12H2,(H,13,14). The molecule has 0 saturated carbocycles. The van der Waals surface area contributed by atoms with Crippen molar-refractivity contribution in [2.45, 2.75) is 19.3 Å². The molecule has 0 aliphatic carbocycles. The topological polar surface area (TPSA) is 90.4 Å². The van der Waals surface area contributed by atoms with Gasteiger partial charge >= 0.3 is 0 Å². The number of nitrogens with one attached hydrogen (secondary N) is 1. The molecule has 1 rings (SSSR count). The molecule has 0 aromatic rings.